The van der Waals surface area contributed by atoms with Crippen LogP contribution in [0.3, 0.4) is 0 Å². The van der Waals surface area contributed by atoms with Gasteiger partial charge in [0.15, 0.2) is 5.60 Å². The Bertz CT molecular complexity index is 885. The Morgan fingerprint density at radius 3 is 1.89 bits per heavy atom. The van der Waals surface area contributed by atoms with Crippen molar-refractivity contribution in [1.29, 1.82) is 0 Å². The minimum Gasteiger partial charge on any atom is -0.458 e. The van der Waals surface area contributed by atoms with E-state index < -0.39 is 49.9 Å². The molecule has 5 aliphatic rings. The van der Waals surface area contributed by atoms with Gasteiger partial charge in [-0.15, -0.1) is 0 Å². The van der Waals surface area contributed by atoms with Crippen LogP contribution in [0.2, 0.25) is 0 Å². The third-order valence-corrected chi connectivity index (χ3v) is 9.44. The summed E-state index contributed by atoms with van der Waals surface area (Å²) in [6, 6.07) is -0.0633. The Hall–Kier alpha value is -0.830. The zero-order valence-corrected chi connectivity index (χ0v) is 21.6. The molecule has 0 aromatic carbocycles. The molecule has 4 aliphatic carbocycles. The zero-order chi connectivity index (χ0) is 26.5. The van der Waals surface area contributed by atoms with Gasteiger partial charge in [0, 0.05) is 19.0 Å². The molecule has 0 aromatic heterocycles. The highest BCUT2D eigenvalue weighted by Crippen LogP contribution is 2.64. The number of carbonyl (C=O) groups is 2. The summed E-state index contributed by atoms with van der Waals surface area (Å²) in [6.07, 6.45) is -10.2. The Morgan fingerprint density at radius 2 is 1.46 bits per heavy atom. The quantitative estimate of drug-likeness (QED) is 0.151. The van der Waals surface area contributed by atoms with Crippen molar-refractivity contribution in [1.82, 2.24) is 5.32 Å². The first-order valence-electron chi connectivity index (χ1n) is 11.4. The van der Waals surface area contributed by atoms with Crippen LogP contribution in [0.4, 0.5) is 26.3 Å². The molecular formula is C22H28F6INO5. The maximum absolute atomic E-state index is 13.5. The van der Waals surface area contributed by atoms with Crippen molar-refractivity contribution in [3.63, 3.8) is 0 Å². The van der Waals surface area contributed by atoms with Crippen LogP contribution in [-0.4, -0.2) is 62.2 Å². The van der Waals surface area contributed by atoms with E-state index in [1.165, 1.54) is 0 Å². The summed E-state index contributed by atoms with van der Waals surface area (Å²) in [5, 5.41) is 12.9. The van der Waals surface area contributed by atoms with Crippen molar-refractivity contribution in [2.75, 3.05) is 6.54 Å². The molecule has 6 nitrogen and oxygen atoms in total. The van der Waals surface area contributed by atoms with Crippen LogP contribution < -0.4 is 5.32 Å². The number of nitrogens with one attached hydrogen (secondary N) is 1. The molecule has 13 heteroatoms. The maximum atomic E-state index is 13.5. The molecule has 0 spiro atoms. The number of esters is 2. The van der Waals surface area contributed by atoms with E-state index >= 15 is 0 Å². The van der Waals surface area contributed by atoms with Crippen LogP contribution in [0.15, 0.2) is 0 Å². The molecule has 1 aliphatic heterocycles. The van der Waals surface area contributed by atoms with Gasteiger partial charge in [-0.3, -0.25) is 9.59 Å². The van der Waals surface area contributed by atoms with Gasteiger partial charge >= 0.3 is 24.3 Å². The highest BCUT2D eigenvalue weighted by molar-refractivity contribution is 14.1. The average Bonchev–Trinajstić information content (AvgIpc) is 3.49. The maximum Gasteiger partial charge on any atom is 0.430 e. The summed E-state index contributed by atoms with van der Waals surface area (Å²) < 4.78 is 90.9. The molecular weight excluding hydrogens is 599 g/mol. The van der Waals surface area contributed by atoms with Gasteiger partial charge in [-0.1, -0.05) is 22.6 Å². The number of carbonyl (C=O) groups excluding carboxylic acids is 2. The van der Waals surface area contributed by atoms with Gasteiger partial charge in [-0.25, -0.2) is 0 Å². The SMILES string of the molecule is CC(I)(C(=O)OC12CC3CC(C1)CC(C(=O)OC(C)(C)C(O)(C(F)(F)F)C(F)(F)F)(C3)C2)C1CN1. The van der Waals surface area contributed by atoms with Crippen LogP contribution in [0.5, 0.6) is 0 Å². The van der Waals surface area contributed by atoms with Gasteiger partial charge < -0.3 is 19.9 Å². The fraction of sp³-hybridized carbons (Fsp3) is 0.909. The third kappa shape index (κ3) is 4.24. The normalized spacial score (nSPS) is 36.5. The molecule has 0 amide bonds. The van der Waals surface area contributed by atoms with Gasteiger partial charge in [0.1, 0.15) is 9.02 Å². The number of rotatable bonds is 6. The number of hydrogen-bond donors (Lipinski definition) is 2. The average molecular weight is 627 g/mol. The molecule has 200 valence electrons. The lowest BCUT2D eigenvalue weighted by molar-refractivity contribution is -0.408. The number of alkyl halides is 7. The summed E-state index contributed by atoms with van der Waals surface area (Å²) in [6.45, 7) is 3.20. The lowest BCUT2D eigenvalue weighted by atomic mass is 9.48. The molecule has 4 unspecified atom stereocenters. The number of halogens is 7. The summed E-state index contributed by atoms with van der Waals surface area (Å²) in [7, 11) is 0. The number of aliphatic hydroxyl groups is 1. The largest absolute Gasteiger partial charge is 0.458 e. The van der Waals surface area contributed by atoms with E-state index in [9.17, 15) is 41.0 Å². The van der Waals surface area contributed by atoms with E-state index in [0.717, 1.165) is 6.42 Å². The third-order valence-electron chi connectivity index (χ3n) is 8.25. The summed E-state index contributed by atoms with van der Waals surface area (Å²) in [4.78, 5) is 26.4. The first-order chi connectivity index (χ1) is 15.7. The van der Waals surface area contributed by atoms with E-state index in [0.29, 0.717) is 33.2 Å². The fourth-order valence-electron chi connectivity index (χ4n) is 6.67. The van der Waals surface area contributed by atoms with Crippen LogP contribution in [0.1, 0.15) is 59.3 Å². The van der Waals surface area contributed by atoms with Crippen molar-refractivity contribution in [3.8, 4) is 0 Å². The molecule has 5 fully saturated rings. The molecule has 0 aromatic rings. The Morgan fingerprint density at radius 1 is 0.971 bits per heavy atom. The lowest BCUT2D eigenvalue weighted by Crippen LogP contribution is -2.70. The van der Waals surface area contributed by atoms with Crippen molar-refractivity contribution >= 4 is 34.5 Å². The first kappa shape index (κ1) is 27.2. The summed E-state index contributed by atoms with van der Waals surface area (Å²) >= 11 is 2.00. The van der Waals surface area contributed by atoms with Crippen molar-refractivity contribution in [3.05, 3.63) is 0 Å². The molecule has 2 N–H and O–H groups in total. The lowest BCUT2D eigenvalue weighted by Gasteiger charge is -2.60. The molecule has 4 bridgehead atoms. The standard InChI is InChI=1S/C22H28F6INO5/c1-16(2,20(33,21(23,24)25)22(26,27)28)34-15(32)18-5-11-4-12(6-18)8-19(7-11,10-18)35-14(31)17(3,29)13-9-30-13/h11-13,30,33H,4-10H2,1-3H3. The van der Waals surface area contributed by atoms with Gasteiger partial charge in [0.2, 0.25) is 0 Å². The monoisotopic (exact) mass is 627 g/mol. The molecule has 1 saturated heterocycles. The predicted octanol–water partition coefficient (Wildman–Crippen LogP) is 4.21. The Labute approximate surface area is 212 Å². The van der Waals surface area contributed by atoms with Gasteiger partial charge in [-0.05, 0) is 64.7 Å². The first-order valence-corrected chi connectivity index (χ1v) is 12.5. The van der Waals surface area contributed by atoms with E-state index in [1.54, 1.807) is 6.92 Å². The van der Waals surface area contributed by atoms with Crippen molar-refractivity contribution in [2.24, 2.45) is 17.3 Å². The Balaban J connectivity index is 1.60. The van der Waals surface area contributed by atoms with Crippen molar-refractivity contribution < 1.29 is 50.5 Å². The second kappa shape index (κ2) is 7.84. The Kier molecular flexibility index (Phi) is 6.10. The van der Waals surface area contributed by atoms with Gasteiger partial charge in [0.25, 0.3) is 5.60 Å². The smallest absolute Gasteiger partial charge is 0.430 e. The minimum absolute atomic E-state index is 0.0328. The number of hydrogen-bond acceptors (Lipinski definition) is 6. The summed E-state index contributed by atoms with van der Waals surface area (Å²) in [5.74, 6) is -1.86. The second-order valence-electron chi connectivity index (χ2n) is 11.5. The predicted molar refractivity (Wildman–Crippen MR) is 117 cm³/mol. The van der Waals surface area contributed by atoms with Crippen LogP contribution in [0.25, 0.3) is 0 Å². The second-order valence-corrected chi connectivity index (χ2v) is 13.7. The summed E-state index contributed by atoms with van der Waals surface area (Å²) in [5.41, 5.74) is -11.0. The van der Waals surface area contributed by atoms with E-state index in [1.807, 2.05) is 22.6 Å². The van der Waals surface area contributed by atoms with E-state index in [-0.39, 0.29) is 37.1 Å². The fourth-order valence-corrected chi connectivity index (χ4v) is 7.23. The molecule has 0 radical (unpaired) electrons. The number of ether oxygens (including phenoxy) is 2. The van der Waals surface area contributed by atoms with E-state index in [4.69, 9.17) is 9.47 Å². The van der Waals surface area contributed by atoms with Crippen molar-refractivity contribution in [2.45, 2.75) is 97.9 Å². The van der Waals surface area contributed by atoms with Crippen LogP contribution in [-0.2, 0) is 19.1 Å². The molecule has 35 heavy (non-hydrogen) atoms. The molecule has 5 rings (SSSR count). The van der Waals surface area contributed by atoms with E-state index in [2.05, 4.69) is 5.32 Å². The zero-order valence-electron chi connectivity index (χ0n) is 19.4. The van der Waals surface area contributed by atoms with Crippen LogP contribution >= 0.6 is 22.6 Å². The molecule has 1 heterocycles. The highest BCUT2D eigenvalue weighted by Gasteiger charge is 2.79. The topological polar surface area (TPSA) is 94.8 Å². The minimum atomic E-state index is -6.14. The molecule has 4 saturated carbocycles. The molecule has 4 atom stereocenters. The van der Waals surface area contributed by atoms with Crippen LogP contribution in [0, 0.1) is 17.3 Å². The highest BCUT2D eigenvalue weighted by atomic mass is 127. The van der Waals surface area contributed by atoms with Gasteiger partial charge in [-0.2, -0.15) is 26.3 Å². The van der Waals surface area contributed by atoms with Gasteiger partial charge in [0.05, 0.1) is 5.41 Å².